The molecule has 0 aliphatic rings. The van der Waals surface area contributed by atoms with Gasteiger partial charge in [0.1, 0.15) is 11.5 Å². The summed E-state index contributed by atoms with van der Waals surface area (Å²) in [6.45, 7) is 2.31. The summed E-state index contributed by atoms with van der Waals surface area (Å²) in [4.78, 5) is 0. The first kappa shape index (κ1) is 19.4. The molecule has 1 unspecified atom stereocenters. The molecule has 23 heavy (non-hydrogen) atoms. The largest absolute Gasteiger partial charge is 0.508 e. The van der Waals surface area contributed by atoms with Crippen molar-refractivity contribution in [1.29, 1.82) is 0 Å². The van der Waals surface area contributed by atoms with Gasteiger partial charge in [-0.1, -0.05) is 44.0 Å². The second-order valence-electron chi connectivity index (χ2n) is 6.07. The van der Waals surface area contributed by atoms with E-state index in [1.165, 1.54) is 30.4 Å². The molecule has 1 N–H and O–H groups in total. The van der Waals surface area contributed by atoms with Gasteiger partial charge in [0.15, 0.2) is 0 Å². The Morgan fingerprint density at radius 2 is 1.52 bits per heavy atom. The molecular weight excluding hydrogens is 308 g/mol. The highest BCUT2D eigenvalue weighted by Gasteiger charge is 2.04. The monoisotopic (exact) mass is 334 g/mol. The molecule has 2 rings (SSSR count). The molecule has 3 heteroatoms. The van der Waals surface area contributed by atoms with Crippen LogP contribution in [0.2, 0.25) is 0 Å². The van der Waals surface area contributed by atoms with Crippen molar-refractivity contribution in [3.8, 4) is 11.5 Å². The molecule has 0 spiro atoms. The van der Waals surface area contributed by atoms with Gasteiger partial charge in [0.2, 0.25) is 0 Å². The van der Waals surface area contributed by atoms with E-state index in [0.717, 1.165) is 18.6 Å². The van der Waals surface area contributed by atoms with E-state index in [2.05, 4.69) is 19.1 Å². The van der Waals surface area contributed by atoms with E-state index in [-0.39, 0.29) is 12.4 Å². The quantitative estimate of drug-likeness (QED) is 0.654. The van der Waals surface area contributed by atoms with Gasteiger partial charge < -0.3 is 9.84 Å². The molecule has 0 heterocycles. The van der Waals surface area contributed by atoms with Crippen molar-refractivity contribution in [3.63, 3.8) is 0 Å². The highest BCUT2D eigenvalue weighted by Crippen LogP contribution is 2.18. The van der Waals surface area contributed by atoms with E-state index in [0.29, 0.717) is 11.7 Å². The Balaban J connectivity index is 0.00000264. The van der Waals surface area contributed by atoms with Gasteiger partial charge in [-0.2, -0.15) is 0 Å². The number of aromatic hydroxyl groups is 1. The lowest BCUT2D eigenvalue weighted by molar-refractivity contribution is 0.414. The minimum Gasteiger partial charge on any atom is -0.508 e. The normalized spacial score (nSPS) is 11.6. The molecule has 0 radical (unpaired) electrons. The smallest absolute Gasteiger partial charge is 0.118 e. The predicted molar refractivity (Wildman–Crippen MR) is 98.8 cm³/mol. The second-order valence-corrected chi connectivity index (χ2v) is 6.07. The number of ether oxygens (including phenoxy) is 1. The Kier molecular flexibility index (Phi) is 8.57. The third-order valence-corrected chi connectivity index (χ3v) is 4.09. The molecule has 0 amide bonds. The van der Waals surface area contributed by atoms with Gasteiger partial charge in [0, 0.05) is 0 Å². The number of aryl methyl sites for hydroxylation is 1. The maximum atomic E-state index is 9.30. The highest BCUT2D eigenvalue weighted by molar-refractivity contribution is 5.85. The molecule has 0 fully saturated rings. The summed E-state index contributed by atoms with van der Waals surface area (Å²) >= 11 is 0. The molecule has 2 aromatic carbocycles. The molecule has 0 saturated heterocycles. The summed E-state index contributed by atoms with van der Waals surface area (Å²) in [6, 6.07) is 15.9. The Morgan fingerprint density at radius 1 is 0.913 bits per heavy atom. The molecule has 2 nitrogen and oxygen atoms in total. The minimum atomic E-state index is 0. The van der Waals surface area contributed by atoms with Crippen LogP contribution in [0, 0.1) is 5.92 Å². The predicted octanol–water partition coefficient (Wildman–Crippen LogP) is 5.41. The van der Waals surface area contributed by atoms with Gasteiger partial charge in [0.25, 0.3) is 0 Å². The molecule has 126 valence electrons. The average Bonchev–Trinajstić information content (AvgIpc) is 2.54. The number of benzene rings is 2. The molecule has 0 aliphatic carbocycles. The molecular formula is C20H27ClO2. The lowest BCUT2D eigenvalue weighted by atomic mass is 9.95. The standard InChI is InChI=1S/C20H26O2.ClH/c1-16(15-18-7-11-19(21)12-8-18)5-3-4-6-17-9-13-20(22-2)14-10-17;/h7-14,16,21H,3-6,15H2,1-2H3;1H. The Hall–Kier alpha value is -1.67. The highest BCUT2D eigenvalue weighted by atomic mass is 35.5. The Bertz CT molecular complexity index is 549. The maximum absolute atomic E-state index is 9.30. The van der Waals surface area contributed by atoms with Crippen LogP contribution in [0.5, 0.6) is 11.5 Å². The second kappa shape index (κ2) is 10.2. The van der Waals surface area contributed by atoms with Crippen LogP contribution in [0.4, 0.5) is 0 Å². The molecule has 0 aromatic heterocycles. The molecule has 1 atom stereocenters. The van der Waals surface area contributed by atoms with Crippen LogP contribution in [0.3, 0.4) is 0 Å². The number of halogens is 1. The summed E-state index contributed by atoms with van der Waals surface area (Å²) in [5.41, 5.74) is 2.69. The van der Waals surface area contributed by atoms with Gasteiger partial charge in [-0.25, -0.2) is 0 Å². The fourth-order valence-electron chi connectivity index (χ4n) is 2.75. The van der Waals surface area contributed by atoms with Crippen molar-refractivity contribution in [3.05, 3.63) is 59.7 Å². The number of phenols is 1. The number of hydrogen-bond acceptors (Lipinski definition) is 2. The number of rotatable bonds is 8. The van der Waals surface area contributed by atoms with Crippen LogP contribution in [-0.4, -0.2) is 12.2 Å². The van der Waals surface area contributed by atoms with Crippen LogP contribution >= 0.6 is 12.4 Å². The number of methoxy groups -OCH3 is 1. The van der Waals surface area contributed by atoms with Crippen molar-refractivity contribution >= 4 is 12.4 Å². The fourth-order valence-corrected chi connectivity index (χ4v) is 2.75. The fraction of sp³-hybridized carbons (Fsp3) is 0.400. The maximum Gasteiger partial charge on any atom is 0.118 e. The van der Waals surface area contributed by atoms with Crippen LogP contribution in [0.15, 0.2) is 48.5 Å². The van der Waals surface area contributed by atoms with Crippen molar-refractivity contribution in [2.45, 2.75) is 39.0 Å². The molecule has 2 aromatic rings. The van der Waals surface area contributed by atoms with Crippen molar-refractivity contribution in [2.24, 2.45) is 5.92 Å². The number of phenolic OH excluding ortho intramolecular Hbond substituents is 1. The van der Waals surface area contributed by atoms with Crippen LogP contribution in [0.1, 0.15) is 37.3 Å². The van der Waals surface area contributed by atoms with Gasteiger partial charge in [-0.3, -0.25) is 0 Å². The van der Waals surface area contributed by atoms with Gasteiger partial charge >= 0.3 is 0 Å². The van der Waals surface area contributed by atoms with E-state index < -0.39 is 0 Å². The van der Waals surface area contributed by atoms with E-state index in [1.54, 1.807) is 19.2 Å². The first-order chi connectivity index (χ1) is 10.7. The zero-order valence-corrected chi connectivity index (χ0v) is 14.8. The van der Waals surface area contributed by atoms with Crippen molar-refractivity contribution < 1.29 is 9.84 Å². The van der Waals surface area contributed by atoms with Crippen molar-refractivity contribution in [1.82, 2.24) is 0 Å². The molecule has 0 saturated carbocycles. The number of unbranched alkanes of at least 4 members (excludes halogenated alkanes) is 1. The van der Waals surface area contributed by atoms with Gasteiger partial charge in [0.05, 0.1) is 7.11 Å². The third-order valence-electron chi connectivity index (χ3n) is 4.09. The SMILES string of the molecule is COc1ccc(CCCCC(C)Cc2ccc(O)cc2)cc1.Cl. The van der Waals surface area contributed by atoms with Gasteiger partial charge in [-0.05, 0) is 60.6 Å². The zero-order chi connectivity index (χ0) is 15.8. The first-order valence-electron chi connectivity index (χ1n) is 8.08. The summed E-state index contributed by atoms with van der Waals surface area (Å²) < 4.78 is 5.17. The van der Waals surface area contributed by atoms with Crippen molar-refractivity contribution in [2.75, 3.05) is 7.11 Å². The third kappa shape index (κ3) is 6.96. The van der Waals surface area contributed by atoms with E-state index in [4.69, 9.17) is 4.74 Å². The minimum absolute atomic E-state index is 0. The first-order valence-corrected chi connectivity index (χ1v) is 8.08. The van der Waals surface area contributed by atoms with Gasteiger partial charge in [-0.15, -0.1) is 12.4 Å². The summed E-state index contributed by atoms with van der Waals surface area (Å²) in [5.74, 6) is 1.95. The van der Waals surface area contributed by atoms with E-state index in [1.807, 2.05) is 24.3 Å². The average molecular weight is 335 g/mol. The zero-order valence-electron chi connectivity index (χ0n) is 14.0. The van der Waals surface area contributed by atoms with Crippen LogP contribution in [0.25, 0.3) is 0 Å². The molecule has 0 bridgehead atoms. The summed E-state index contributed by atoms with van der Waals surface area (Å²) in [5, 5.41) is 9.30. The summed E-state index contributed by atoms with van der Waals surface area (Å²) in [7, 11) is 1.70. The number of hydrogen-bond donors (Lipinski definition) is 1. The summed E-state index contributed by atoms with van der Waals surface area (Å²) in [6.07, 6.45) is 5.95. The Morgan fingerprint density at radius 3 is 2.13 bits per heavy atom. The van der Waals surface area contributed by atoms with E-state index in [9.17, 15) is 5.11 Å². The topological polar surface area (TPSA) is 29.5 Å². The van der Waals surface area contributed by atoms with E-state index >= 15 is 0 Å². The molecule has 0 aliphatic heterocycles. The van der Waals surface area contributed by atoms with Crippen LogP contribution < -0.4 is 4.74 Å². The lowest BCUT2D eigenvalue weighted by Crippen LogP contribution is -2.00. The Labute approximate surface area is 145 Å². The van der Waals surface area contributed by atoms with Crippen LogP contribution in [-0.2, 0) is 12.8 Å². The lowest BCUT2D eigenvalue weighted by Gasteiger charge is -2.11.